The number of furan rings is 1. The molecule has 2 aliphatic rings. The highest BCUT2D eigenvalue weighted by molar-refractivity contribution is 6.37. The summed E-state index contributed by atoms with van der Waals surface area (Å²) in [4.78, 5) is 32.1. The second-order valence-electron chi connectivity index (χ2n) is 7.90. The fourth-order valence-electron chi connectivity index (χ4n) is 4.32. The van der Waals surface area contributed by atoms with Gasteiger partial charge >= 0.3 is 0 Å². The molecule has 158 valence electrons. The van der Waals surface area contributed by atoms with Gasteiger partial charge < -0.3 is 9.32 Å². The van der Waals surface area contributed by atoms with E-state index in [1.807, 2.05) is 31.2 Å². The number of halogens is 1. The molecule has 2 amide bonds. The third-order valence-electron chi connectivity index (χ3n) is 5.85. The van der Waals surface area contributed by atoms with E-state index >= 15 is 0 Å². The molecule has 2 aromatic carbocycles. The number of aryl methyl sites for hydroxylation is 1. The van der Waals surface area contributed by atoms with Gasteiger partial charge in [0.25, 0.3) is 11.8 Å². The maximum Gasteiger partial charge on any atom is 0.268 e. The largest absolute Gasteiger partial charge is 0.465 e. The van der Waals surface area contributed by atoms with Crippen LogP contribution in [0.15, 0.2) is 59.0 Å². The number of imide groups is 1. The second-order valence-corrected chi connectivity index (χ2v) is 8.34. The van der Waals surface area contributed by atoms with E-state index < -0.39 is 0 Å². The number of hydrogen-bond donors (Lipinski definition) is 0. The second kappa shape index (κ2) is 7.87. The van der Waals surface area contributed by atoms with Crippen LogP contribution in [-0.4, -0.2) is 42.9 Å². The fourth-order valence-corrected chi connectivity index (χ4v) is 4.50. The van der Waals surface area contributed by atoms with Gasteiger partial charge in [0.2, 0.25) is 0 Å². The smallest absolute Gasteiger partial charge is 0.268 e. The third-order valence-corrected chi connectivity index (χ3v) is 6.08. The molecule has 0 atom stereocenters. The van der Waals surface area contributed by atoms with E-state index in [9.17, 15) is 9.59 Å². The summed E-state index contributed by atoms with van der Waals surface area (Å²) in [6.07, 6.45) is 0. The van der Waals surface area contributed by atoms with Gasteiger partial charge in [-0.1, -0.05) is 23.7 Å². The van der Waals surface area contributed by atoms with Crippen molar-refractivity contribution in [3.8, 4) is 0 Å². The van der Waals surface area contributed by atoms with Gasteiger partial charge in [0, 0.05) is 31.2 Å². The Morgan fingerprint density at radius 1 is 0.935 bits per heavy atom. The van der Waals surface area contributed by atoms with Crippen LogP contribution in [0.5, 0.6) is 0 Å². The number of anilines is 2. The highest BCUT2D eigenvalue weighted by atomic mass is 35.5. The molecular formula is C24H22ClN3O3. The van der Waals surface area contributed by atoms with Crippen LogP contribution in [0.2, 0.25) is 5.02 Å². The Balaban J connectivity index is 1.37. The first kappa shape index (κ1) is 19.8. The molecular weight excluding hydrogens is 414 g/mol. The van der Waals surface area contributed by atoms with E-state index in [1.54, 1.807) is 30.3 Å². The van der Waals surface area contributed by atoms with E-state index in [0.29, 0.717) is 21.8 Å². The molecule has 3 aromatic rings. The van der Waals surface area contributed by atoms with Crippen LogP contribution in [0, 0.1) is 6.92 Å². The highest BCUT2D eigenvalue weighted by Crippen LogP contribution is 2.35. The van der Waals surface area contributed by atoms with Crippen molar-refractivity contribution < 1.29 is 14.0 Å². The number of rotatable bonds is 4. The Bertz CT molecular complexity index is 1160. The predicted molar refractivity (Wildman–Crippen MR) is 120 cm³/mol. The summed E-state index contributed by atoms with van der Waals surface area (Å²) < 4.78 is 5.69. The molecule has 5 rings (SSSR count). The normalized spacial score (nSPS) is 16.8. The molecule has 0 unspecified atom stereocenters. The summed E-state index contributed by atoms with van der Waals surface area (Å²) in [6, 6.07) is 16.3. The summed E-state index contributed by atoms with van der Waals surface area (Å²) in [5, 5.41) is 0.483. The Labute approximate surface area is 185 Å². The van der Waals surface area contributed by atoms with Crippen molar-refractivity contribution >= 4 is 34.8 Å². The number of benzene rings is 2. The third kappa shape index (κ3) is 3.62. The van der Waals surface area contributed by atoms with Gasteiger partial charge in [-0.15, -0.1) is 0 Å². The summed E-state index contributed by atoms with van der Waals surface area (Å²) in [6.45, 7) is 5.97. The summed E-state index contributed by atoms with van der Waals surface area (Å²) in [5.41, 5.74) is 2.22. The van der Waals surface area contributed by atoms with Crippen molar-refractivity contribution in [3.05, 3.63) is 82.3 Å². The summed E-state index contributed by atoms with van der Waals surface area (Å²) in [7, 11) is 0. The Hall–Kier alpha value is -3.09. The number of amides is 2. The molecule has 0 spiro atoms. The van der Waals surface area contributed by atoms with Gasteiger partial charge in [0.1, 0.15) is 11.5 Å². The summed E-state index contributed by atoms with van der Waals surface area (Å²) in [5.74, 6) is 1.27. The molecule has 7 heteroatoms. The molecule has 1 aromatic heterocycles. The van der Waals surface area contributed by atoms with Gasteiger partial charge in [-0.2, -0.15) is 0 Å². The van der Waals surface area contributed by atoms with E-state index in [2.05, 4.69) is 9.80 Å². The lowest BCUT2D eigenvalue weighted by Crippen LogP contribution is -2.46. The number of piperazine rings is 1. The molecule has 0 saturated carbocycles. The molecule has 0 aliphatic carbocycles. The zero-order chi connectivity index (χ0) is 21.5. The number of carbonyl (C=O) groups excluding carboxylic acids is 2. The fraction of sp³-hybridized carbons (Fsp3) is 0.250. The first-order valence-corrected chi connectivity index (χ1v) is 10.7. The van der Waals surface area contributed by atoms with Crippen molar-refractivity contribution in [1.29, 1.82) is 0 Å². The topological polar surface area (TPSA) is 57.0 Å². The first-order valence-electron chi connectivity index (χ1n) is 10.3. The van der Waals surface area contributed by atoms with Gasteiger partial charge in [0.15, 0.2) is 0 Å². The van der Waals surface area contributed by atoms with E-state index in [0.717, 1.165) is 49.9 Å². The van der Waals surface area contributed by atoms with Crippen molar-refractivity contribution in [2.75, 3.05) is 36.0 Å². The van der Waals surface area contributed by atoms with E-state index in [1.165, 1.54) is 4.90 Å². The SMILES string of the molecule is Cc1ccc(CN2CCN(c3cccc4c3C(=O)N(c3cccc(Cl)c3)C4=O)CC2)o1. The molecule has 0 radical (unpaired) electrons. The number of nitrogens with zero attached hydrogens (tertiary/aromatic N) is 3. The molecule has 31 heavy (non-hydrogen) atoms. The maximum absolute atomic E-state index is 13.3. The van der Waals surface area contributed by atoms with Crippen LogP contribution in [0.4, 0.5) is 11.4 Å². The lowest BCUT2D eigenvalue weighted by atomic mass is 10.1. The van der Waals surface area contributed by atoms with Crippen LogP contribution in [0.3, 0.4) is 0 Å². The van der Waals surface area contributed by atoms with Gasteiger partial charge in [0.05, 0.1) is 29.0 Å². The van der Waals surface area contributed by atoms with Crippen molar-refractivity contribution in [1.82, 2.24) is 4.90 Å². The Morgan fingerprint density at radius 2 is 1.71 bits per heavy atom. The van der Waals surface area contributed by atoms with Gasteiger partial charge in [-0.3, -0.25) is 14.5 Å². The van der Waals surface area contributed by atoms with Crippen molar-refractivity contribution in [2.24, 2.45) is 0 Å². The molecule has 6 nitrogen and oxygen atoms in total. The van der Waals surface area contributed by atoms with Crippen molar-refractivity contribution in [2.45, 2.75) is 13.5 Å². The van der Waals surface area contributed by atoms with Crippen LogP contribution in [-0.2, 0) is 6.54 Å². The molecule has 1 fully saturated rings. The molecule has 1 saturated heterocycles. The Kier molecular flexibility index (Phi) is 5.04. The maximum atomic E-state index is 13.3. The minimum absolute atomic E-state index is 0.300. The lowest BCUT2D eigenvalue weighted by molar-refractivity contribution is 0.0926. The van der Waals surface area contributed by atoms with E-state index in [-0.39, 0.29) is 11.8 Å². The van der Waals surface area contributed by atoms with Crippen LogP contribution in [0.25, 0.3) is 0 Å². The predicted octanol–water partition coefficient (Wildman–Crippen LogP) is 4.36. The first-order chi connectivity index (χ1) is 15.0. The Morgan fingerprint density at radius 3 is 2.42 bits per heavy atom. The average Bonchev–Trinajstić information content (AvgIpc) is 3.29. The summed E-state index contributed by atoms with van der Waals surface area (Å²) >= 11 is 6.09. The van der Waals surface area contributed by atoms with Crippen molar-refractivity contribution in [3.63, 3.8) is 0 Å². The van der Waals surface area contributed by atoms with Crippen LogP contribution >= 0.6 is 11.6 Å². The minimum atomic E-state index is -0.309. The van der Waals surface area contributed by atoms with Crippen LogP contribution < -0.4 is 9.80 Å². The van der Waals surface area contributed by atoms with E-state index in [4.69, 9.17) is 16.0 Å². The average molecular weight is 436 g/mol. The van der Waals surface area contributed by atoms with Gasteiger partial charge in [-0.25, -0.2) is 4.90 Å². The zero-order valence-electron chi connectivity index (χ0n) is 17.2. The minimum Gasteiger partial charge on any atom is -0.465 e. The molecule has 3 heterocycles. The lowest BCUT2D eigenvalue weighted by Gasteiger charge is -2.36. The van der Waals surface area contributed by atoms with Gasteiger partial charge in [-0.05, 0) is 49.4 Å². The monoisotopic (exact) mass is 435 g/mol. The standard InChI is InChI=1S/C24H22ClN3O3/c1-16-8-9-19(31-16)15-26-10-12-27(13-11-26)21-7-3-6-20-22(21)24(30)28(23(20)29)18-5-2-4-17(25)14-18/h2-9,14H,10-13,15H2,1H3. The molecule has 2 aliphatic heterocycles. The quantitative estimate of drug-likeness (QED) is 0.570. The number of fused-ring (bicyclic) bond motifs is 1. The number of hydrogen-bond acceptors (Lipinski definition) is 5. The molecule has 0 N–H and O–H groups in total. The highest BCUT2D eigenvalue weighted by Gasteiger charge is 2.39. The van der Waals surface area contributed by atoms with Crippen LogP contribution in [0.1, 0.15) is 32.2 Å². The zero-order valence-corrected chi connectivity index (χ0v) is 17.9. The number of carbonyl (C=O) groups is 2. The molecule has 0 bridgehead atoms.